The predicted octanol–water partition coefficient (Wildman–Crippen LogP) is 1.11. The lowest BCUT2D eigenvalue weighted by atomic mass is 9.97. The van der Waals surface area contributed by atoms with Crippen LogP contribution >= 0.6 is 0 Å². The van der Waals surface area contributed by atoms with Crippen molar-refractivity contribution in [2.75, 3.05) is 13.7 Å². The number of carbonyl (C=O) groups excluding carboxylic acids is 2. The number of piperazine rings is 1. The minimum Gasteiger partial charge on any atom is -0.496 e. The zero-order valence-electron chi connectivity index (χ0n) is 11.3. The Bertz CT molecular complexity index is 511. The fourth-order valence-electron chi connectivity index (χ4n) is 2.11. The van der Waals surface area contributed by atoms with Crippen LogP contribution in [0.1, 0.15) is 36.9 Å². The second-order valence-electron chi connectivity index (χ2n) is 4.89. The number of rotatable bonds is 3. The molecule has 5 nitrogen and oxygen atoms in total. The zero-order valence-corrected chi connectivity index (χ0v) is 11.3. The van der Waals surface area contributed by atoms with Crippen molar-refractivity contribution in [2.45, 2.75) is 25.8 Å². The predicted molar refractivity (Wildman–Crippen MR) is 71.0 cm³/mol. The van der Waals surface area contributed by atoms with E-state index in [1.54, 1.807) is 7.11 Å². The lowest BCUT2D eigenvalue weighted by Gasteiger charge is -2.25. The highest BCUT2D eigenvalue weighted by Gasteiger charge is 2.27. The smallest absolute Gasteiger partial charge is 0.309 e. The van der Waals surface area contributed by atoms with Crippen LogP contribution < -0.4 is 15.4 Å². The van der Waals surface area contributed by atoms with Gasteiger partial charge in [-0.15, -0.1) is 0 Å². The van der Waals surface area contributed by atoms with Gasteiger partial charge in [-0.25, -0.2) is 0 Å². The van der Waals surface area contributed by atoms with Gasteiger partial charge in [-0.3, -0.25) is 9.59 Å². The number of nitrogens with one attached hydrogen (secondary N) is 2. The Balaban J connectivity index is 2.29. The summed E-state index contributed by atoms with van der Waals surface area (Å²) >= 11 is 0. The minimum absolute atomic E-state index is 0.249. The van der Waals surface area contributed by atoms with Gasteiger partial charge in [-0.05, 0) is 17.5 Å². The highest BCUT2D eigenvalue weighted by atomic mass is 16.5. The van der Waals surface area contributed by atoms with E-state index < -0.39 is 11.8 Å². The van der Waals surface area contributed by atoms with Crippen molar-refractivity contribution in [3.8, 4) is 5.75 Å². The summed E-state index contributed by atoms with van der Waals surface area (Å²) in [7, 11) is 1.60. The molecule has 0 radical (unpaired) electrons. The van der Waals surface area contributed by atoms with E-state index in [-0.39, 0.29) is 6.04 Å². The third kappa shape index (κ3) is 2.70. The van der Waals surface area contributed by atoms with Gasteiger partial charge < -0.3 is 15.4 Å². The molecule has 0 saturated carbocycles. The summed E-state index contributed by atoms with van der Waals surface area (Å²) in [6.07, 6.45) is 0. The first-order valence-electron chi connectivity index (χ1n) is 6.29. The van der Waals surface area contributed by atoms with Crippen LogP contribution in [0.5, 0.6) is 5.75 Å². The molecular formula is C14H18N2O3. The summed E-state index contributed by atoms with van der Waals surface area (Å²) < 4.78 is 5.39. The van der Waals surface area contributed by atoms with Crippen molar-refractivity contribution in [1.82, 2.24) is 10.6 Å². The van der Waals surface area contributed by atoms with Gasteiger partial charge in [0.15, 0.2) is 0 Å². The first kappa shape index (κ1) is 13.4. The summed E-state index contributed by atoms with van der Waals surface area (Å²) in [5, 5.41) is 5.24. The molecule has 5 heteroatoms. The van der Waals surface area contributed by atoms with E-state index in [4.69, 9.17) is 4.74 Å². The van der Waals surface area contributed by atoms with Crippen LogP contribution in [-0.4, -0.2) is 25.5 Å². The Morgan fingerprint density at radius 2 is 2.00 bits per heavy atom. The number of methoxy groups -OCH3 is 1. The third-order valence-electron chi connectivity index (χ3n) is 3.28. The molecule has 1 aliphatic heterocycles. The molecule has 1 saturated heterocycles. The molecule has 1 aliphatic rings. The van der Waals surface area contributed by atoms with Gasteiger partial charge in [0, 0.05) is 12.1 Å². The van der Waals surface area contributed by atoms with Gasteiger partial charge in [-0.1, -0.05) is 26.0 Å². The van der Waals surface area contributed by atoms with E-state index in [2.05, 4.69) is 24.5 Å². The number of amides is 2. The van der Waals surface area contributed by atoms with Gasteiger partial charge in [-0.2, -0.15) is 0 Å². The van der Waals surface area contributed by atoms with Crippen molar-refractivity contribution < 1.29 is 14.3 Å². The molecule has 2 rings (SSSR count). The first-order chi connectivity index (χ1) is 9.02. The molecule has 1 aromatic rings. The van der Waals surface area contributed by atoms with Crippen LogP contribution in [0.15, 0.2) is 18.2 Å². The Morgan fingerprint density at radius 1 is 1.26 bits per heavy atom. The summed E-state index contributed by atoms with van der Waals surface area (Å²) in [6, 6.07) is 5.69. The molecule has 1 unspecified atom stereocenters. The lowest BCUT2D eigenvalue weighted by Crippen LogP contribution is -2.51. The largest absolute Gasteiger partial charge is 0.496 e. The topological polar surface area (TPSA) is 67.4 Å². The zero-order chi connectivity index (χ0) is 14.0. The molecular weight excluding hydrogens is 244 g/mol. The normalized spacial score (nSPS) is 19.1. The Kier molecular flexibility index (Phi) is 3.74. The van der Waals surface area contributed by atoms with E-state index in [9.17, 15) is 9.59 Å². The number of carbonyl (C=O) groups is 2. The number of ether oxygens (including phenoxy) is 1. The molecule has 1 atom stereocenters. The van der Waals surface area contributed by atoms with E-state index in [0.29, 0.717) is 12.5 Å². The van der Waals surface area contributed by atoms with Gasteiger partial charge >= 0.3 is 11.8 Å². The summed E-state index contributed by atoms with van der Waals surface area (Å²) in [6.45, 7) is 4.59. The van der Waals surface area contributed by atoms with E-state index in [1.165, 1.54) is 5.56 Å². The van der Waals surface area contributed by atoms with Crippen LogP contribution in [-0.2, 0) is 9.59 Å². The SMILES string of the molecule is COc1cc(C(C)C)ccc1C1CNC(=O)C(=O)N1. The van der Waals surface area contributed by atoms with Crippen LogP contribution in [0, 0.1) is 0 Å². The average Bonchev–Trinajstić information content (AvgIpc) is 2.41. The molecule has 0 aromatic heterocycles. The van der Waals surface area contributed by atoms with E-state index in [1.807, 2.05) is 18.2 Å². The van der Waals surface area contributed by atoms with Gasteiger partial charge in [0.1, 0.15) is 5.75 Å². The summed E-state index contributed by atoms with van der Waals surface area (Å²) in [5.41, 5.74) is 2.05. The van der Waals surface area contributed by atoms with Crippen molar-refractivity contribution >= 4 is 11.8 Å². The molecule has 1 aromatic carbocycles. The van der Waals surface area contributed by atoms with Gasteiger partial charge in [0.2, 0.25) is 0 Å². The molecule has 1 fully saturated rings. The number of hydrogen-bond acceptors (Lipinski definition) is 3. The minimum atomic E-state index is -0.605. The Labute approximate surface area is 112 Å². The molecule has 0 bridgehead atoms. The van der Waals surface area contributed by atoms with Crippen LogP contribution in [0.25, 0.3) is 0 Å². The summed E-state index contributed by atoms with van der Waals surface area (Å²) in [4.78, 5) is 22.5. The van der Waals surface area contributed by atoms with Crippen molar-refractivity contribution in [3.63, 3.8) is 0 Å². The highest BCUT2D eigenvalue weighted by molar-refractivity contribution is 6.35. The Morgan fingerprint density at radius 3 is 2.58 bits per heavy atom. The maximum atomic E-state index is 11.4. The average molecular weight is 262 g/mol. The van der Waals surface area contributed by atoms with E-state index >= 15 is 0 Å². The third-order valence-corrected chi connectivity index (χ3v) is 3.28. The van der Waals surface area contributed by atoms with Crippen molar-refractivity contribution in [3.05, 3.63) is 29.3 Å². The van der Waals surface area contributed by atoms with E-state index in [0.717, 1.165) is 11.3 Å². The van der Waals surface area contributed by atoms with Crippen LogP contribution in [0.2, 0.25) is 0 Å². The maximum Gasteiger partial charge on any atom is 0.309 e. The lowest BCUT2D eigenvalue weighted by molar-refractivity contribution is -0.141. The fourth-order valence-corrected chi connectivity index (χ4v) is 2.11. The molecule has 2 amide bonds. The molecule has 1 heterocycles. The maximum absolute atomic E-state index is 11.4. The van der Waals surface area contributed by atoms with Crippen LogP contribution in [0.4, 0.5) is 0 Å². The fraction of sp³-hybridized carbons (Fsp3) is 0.429. The molecule has 2 N–H and O–H groups in total. The first-order valence-corrected chi connectivity index (χ1v) is 6.29. The van der Waals surface area contributed by atoms with Gasteiger partial charge in [0.25, 0.3) is 0 Å². The summed E-state index contributed by atoms with van der Waals surface area (Å²) in [5.74, 6) is -0.0588. The Hall–Kier alpha value is -2.04. The van der Waals surface area contributed by atoms with Gasteiger partial charge in [0.05, 0.1) is 13.2 Å². The standard InChI is InChI=1S/C14H18N2O3/c1-8(2)9-4-5-10(12(6-9)19-3)11-7-15-13(17)14(18)16-11/h4-6,8,11H,7H2,1-3H3,(H,15,17)(H,16,18). The van der Waals surface area contributed by atoms with Crippen LogP contribution in [0.3, 0.4) is 0 Å². The molecule has 102 valence electrons. The molecule has 19 heavy (non-hydrogen) atoms. The molecule has 0 aliphatic carbocycles. The van der Waals surface area contributed by atoms with Crippen molar-refractivity contribution in [1.29, 1.82) is 0 Å². The number of benzene rings is 1. The quantitative estimate of drug-likeness (QED) is 0.802. The second-order valence-corrected chi connectivity index (χ2v) is 4.89. The monoisotopic (exact) mass is 262 g/mol. The number of hydrogen-bond donors (Lipinski definition) is 2. The highest BCUT2D eigenvalue weighted by Crippen LogP contribution is 2.29. The van der Waals surface area contributed by atoms with Crippen molar-refractivity contribution in [2.24, 2.45) is 0 Å². The molecule has 0 spiro atoms. The second kappa shape index (κ2) is 5.30.